The molecule has 1 heterocycles. The van der Waals surface area contributed by atoms with Gasteiger partial charge in [0, 0.05) is 74.3 Å². The molecule has 4 rings (SSSR count). The van der Waals surface area contributed by atoms with E-state index in [1.54, 1.807) is 51.2 Å². The van der Waals surface area contributed by atoms with Gasteiger partial charge in [0.05, 0.1) is 12.1 Å². The van der Waals surface area contributed by atoms with Gasteiger partial charge < -0.3 is 31.2 Å². The molecule has 0 aliphatic carbocycles. The molecule has 0 saturated heterocycles. The van der Waals surface area contributed by atoms with Gasteiger partial charge in [-0.3, -0.25) is 24.0 Å². The van der Waals surface area contributed by atoms with Crippen LogP contribution >= 0.6 is 0 Å². The van der Waals surface area contributed by atoms with Gasteiger partial charge in [-0.15, -0.1) is 0 Å². The van der Waals surface area contributed by atoms with Gasteiger partial charge in [-0.05, 0) is 72.7 Å². The fourth-order valence-electron chi connectivity index (χ4n) is 7.97. The standard InChI is InChI=1S/C49H65N5O7/c1-6-7-8-9-10-11-13-35-15-18-38(32(2)26-35)43(56)28-34(4)49(59)54(5)47-37-17-20-46(61-25-23-52)40(31-37)39-29-36(16-19-45(39)60-24-22-51)30-41(42(55)14-12-21-50)53-48(58)33(3)27-44(47)57/h15-20,26,29,31,33-34,41,47H,6-14,22-25,27-28,30,51-52H2,1-5H3,(H,53,58)/t33-,34+,41+,47+/m1/s1. The summed E-state index contributed by atoms with van der Waals surface area (Å²) in [5, 5.41) is 12.1. The van der Waals surface area contributed by atoms with Gasteiger partial charge in [0.2, 0.25) is 11.8 Å². The number of amides is 2. The maximum Gasteiger partial charge on any atom is 0.226 e. The number of fused-ring (bicyclic) bond motifs is 5. The fourth-order valence-corrected chi connectivity index (χ4v) is 7.97. The molecule has 1 aliphatic heterocycles. The van der Waals surface area contributed by atoms with Gasteiger partial charge in [0.1, 0.15) is 30.8 Å². The van der Waals surface area contributed by atoms with Crippen molar-refractivity contribution in [2.75, 3.05) is 33.4 Å². The molecule has 0 saturated carbocycles. The maximum atomic E-state index is 14.5. The zero-order valence-corrected chi connectivity index (χ0v) is 36.7. The summed E-state index contributed by atoms with van der Waals surface area (Å²) in [6, 6.07) is 16.4. The van der Waals surface area contributed by atoms with Gasteiger partial charge in [0.15, 0.2) is 17.3 Å². The highest BCUT2D eigenvalue weighted by atomic mass is 16.5. The summed E-state index contributed by atoms with van der Waals surface area (Å²) in [6.45, 7) is 8.30. The van der Waals surface area contributed by atoms with Gasteiger partial charge >= 0.3 is 0 Å². The summed E-state index contributed by atoms with van der Waals surface area (Å²) >= 11 is 0. The Hall–Kier alpha value is -5.38. The minimum absolute atomic E-state index is 0.0117. The first-order valence-corrected chi connectivity index (χ1v) is 21.9. The molecule has 4 bridgehead atoms. The van der Waals surface area contributed by atoms with Gasteiger partial charge in [0.25, 0.3) is 0 Å². The lowest BCUT2D eigenvalue weighted by Crippen LogP contribution is -2.45. The molecule has 1 aliphatic rings. The summed E-state index contributed by atoms with van der Waals surface area (Å²) < 4.78 is 12.2. The number of benzene rings is 3. The van der Waals surface area contributed by atoms with Gasteiger partial charge in [-0.25, -0.2) is 0 Å². The Morgan fingerprint density at radius 3 is 2.21 bits per heavy atom. The molecular formula is C49H65N5O7. The van der Waals surface area contributed by atoms with Crippen molar-refractivity contribution in [3.8, 4) is 28.7 Å². The molecule has 5 N–H and O–H groups in total. The Bertz CT molecular complexity index is 2040. The summed E-state index contributed by atoms with van der Waals surface area (Å²) in [4.78, 5) is 71.1. The molecule has 328 valence electrons. The molecule has 3 aromatic rings. The van der Waals surface area contributed by atoms with E-state index in [0.29, 0.717) is 39.3 Å². The van der Waals surface area contributed by atoms with Crippen LogP contribution in [0.5, 0.6) is 11.5 Å². The van der Waals surface area contributed by atoms with E-state index < -0.39 is 41.5 Å². The van der Waals surface area contributed by atoms with Crippen molar-refractivity contribution >= 4 is 29.2 Å². The van der Waals surface area contributed by atoms with Crippen LogP contribution in [0.15, 0.2) is 54.6 Å². The number of likely N-dealkylation sites (N-methyl/N-ethyl adjacent to an activating group) is 1. The first-order chi connectivity index (χ1) is 29.3. The number of ether oxygens (including phenoxy) is 2. The second-order valence-electron chi connectivity index (χ2n) is 16.4. The average Bonchev–Trinajstić information content (AvgIpc) is 3.24. The Morgan fingerprint density at radius 1 is 0.902 bits per heavy atom. The highest BCUT2D eigenvalue weighted by molar-refractivity contribution is 6.01. The lowest BCUT2D eigenvalue weighted by Gasteiger charge is -2.31. The Morgan fingerprint density at radius 2 is 1.56 bits per heavy atom. The van der Waals surface area contributed by atoms with Crippen molar-refractivity contribution in [2.24, 2.45) is 23.3 Å². The molecule has 4 atom stereocenters. The first kappa shape index (κ1) is 48.3. The van der Waals surface area contributed by atoms with Crippen molar-refractivity contribution in [3.05, 3.63) is 82.4 Å². The number of nitrogens with one attached hydrogen (secondary N) is 1. The molecule has 0 unspecified atom stereocenters. The van der Waals surface area contributed by atoms with Crippen LogP contribution in [0.3, 0.4) is 0 Å². The lowest BCUT2D eigenvalue weighted by molar-refractivity contribution is -0.142. The molecular weight excluding hydrogens is 771 g/mol. The normalized spacial score (nSPS) is 17.0. The third-order valence-corrected chi connectivity index (χ3v) is 11.4. The minimum Gasteiger partial charge on any atom is -0.492 e. The third kappa shape index (κ3) is 13.6. The number of carbonyl (C=O) groups excluding carboxylic acids is 5. The number of Topliss-reactive ketones (excluding diaryl/α,β-unsaturated/α-hetero) is 3. The van der Waals surface area contributed by atoms with Crippen molar-refractivity contribution in [1.82, 2.24) is 10.2 Å². The van der Waals surface area contributed by atoms with E-state index in [9.17, 15) is 29.2 Å². The number of unbranched alkanes of at least 4 members (excludes halogenated alkanes) is 5. The van der Waals surface area contributed by atoms with Crippen LogP contribution in [-0.2, 0) is 32.0 Å². The number of nitriles is 1. The quantitative estimate of drug-likeness (QED) is 0.0732. The summed E-state index contributed by atoms with van der Waals surface area (Å²) in [6.07, 6.45) is 7.94. The zero-order chi connectivity index (χ0) is 44.5. The topological polar surface area (TPSA) is 195 Å². The van der Waals surface area contributed by atoms with Crippen LogP contribution in [0.2, 0.25) is 0 Å². The Balaban J connectivity index is 1.72. The second-order valence-corrected chi connectivity index (χ2v) is 16.4. The smallest absolute Gasteiger partial charge is 0.226 e. The number of rotatable bonds is 21. The van der Waals surface area contributed by atoms with E-state index in [1.165, 1.54) is 42.6 Å². The van der Waals surface area contributed by atoms with Crippen LogP contribution in [0, 0.1) is 30.1 Å². The van der Waals surface area contributed by atoms with Crippen LogP contribution in [0.25, 0.3) is 11.1 Å². The minimum atomic E-state index is -1.15. The molecule has 12 nitrogen and oxygen atoms in total. The molecule has 0 radical (unpaired) electrons. The molecule has 0 aromatic heterocycles. The van der Waals surface area contributed by atoms with E-state index in [0.717, 1.165) is 18.4 Å². The summed E-state index contributed by atoms with van der Waals surface area (Å²) in [5.41, 5.74) is 16.6. The fraction of sp³-hybridized carbons (Fsp3) is 0.510. The van der Waals surface area contributed by atoms with E-state index in [4.69, 9.17) is 20.9 Å². The largest absolute Gasteiger partial charge is 0.492 e. The van der Waals surface area contributed by atoms with E-state index in [1.807, 2.05) is 31.2 Å². The predicted molar refractivity (Wildman–Crippen MR) is 237 cm³/mol. The van der Waals surface area contributed by atoms with Crippen LogP contribution < -0.4 is 26.3 Å². The molecule has 61 heavy (non-hydrogen) atoms. The number of nitrogens with two attached hydrogens (primary N) is 2. The number of hydrogen-bond donors (Lipinski definition) is 3. The van der Waals surface area contributed by atoms with Crippen LogP contribution in [0.1, 0.15) is 124 Å². The van der Waals surface area contributed by atoms with Crippen LogP contribution in [0.4, 0.5) is 0 Å². The van der Waals surface area contributed by atoms with Crippen LogP contribution in [-0.4, -0.2) is 73.5 Å². The number of ketones is 3. The monoisotopic (exact) mass is 835 g/mol. The second kappa shape index (κ2) is 24.2. The summed E-state index contributed by atoms with van der Waals surface area (Å²) in [5.74, 6) is -2.53. The average molecular weight is 836 g/mol. The van der Waals surface area contributed by atoms with Gasteiger partial charge in [-0.1, -0.05) is 83.2 Å². The predicted octanol–water partition coefficient (Wildman–Crippen LogP) is 7.16. The number of hydrogen-bond acceptors (Lipinski definition) is 10. The molecule has 3 aromatic carbocycles. The van der Waals surface area contributed by atoms with E-state index in [2.05, 4.69) is 18.3 Å². The number of nitrogens with zero attached hydrogens (tertiary/aromatic N) is 2. The van der Waals surface area contributed by atoms with Gasteiger partial charge in [-0.2, -0.15) is 5.26 Å². The number of aryl methyl sites for hydroxylation is 2. The zero-order valence-electron chi connectivity index (χ0n) is 36.7. The van der Waals surface area contributed by atoms with Crippen molar-refractivity contribution in [3.63, 3.8) is 0 Å². The van der Waals surface area contributed by atoms with Crippen molar-refractivity contribution in [2.45, 2.75) is 117 Å². The van der Waals surface area contributed by atoms with E-state index >= 15 is 0 Å². The molecule has 0 fully saturated rings. The number of carbonyl (C=O) groups is 5. The van der Waals surface area contributed by atoms with Crippen molar-refractivity contribution in [1.29, 1.82) is 5.26 Å². The summed E-state index contributed by atoms with van der Waals surface area (Å²) in [7, 11) is 1.54. The van der Waals surface area contributed by atoms with Crippen molar-refractivity contribution < 1.29 is 33.4 Å². The van der Waals surface area contributed by atoms with E-state index in [-0.39, 0.29) is 70.0 Å². The first-order valence-electron chi connectivity index (χ1n) is 21.9. The molecule has 12 heteroatoms. The molecule has 2 amide bonds. The Labute approximate surface area is 361 Å². The molecule has 0 spiro atoms. The maximum absolute atomic E-state index is 14.5. The highest BCUT2D eigenvalue weighted by Crippen LogP contribution is 2.41. The Kier molecular flexibility index (Phi) is 19.1. The SMILES string of the molecule is CCCCCCCCc1ccc(C(=O)C[C@H](C)C(=O)N(C)[C@@H]2C(=O)C[C@@H](C)C(=O)N[C@H](C(=O)CCC#N)Cc3ccc(OCCN)c(c3)-c3cc2ccc3OCCN)c(C)c1. The third-order valence-electron chi connectivity index (χ3n) is 11.4. The lowest BCUT2D eigenvalue weighted by atomic mass is 9.88. The highest BCUT2D eigenvalue weighted by Gasteiger charge is 2.35.